The van der Waals surface area contributed by atoms with Gasteiger partial charge in [0.2, 0.25) is 0 Å². The number of methoxy groups -OCH3 is 1. The lowest BCUT2D eigenvalue weighted by Gasteiger charge is -2.26. The minimum absolute atomic E-state index is 0.148. The molecule has 0 saturated carbocycles. The number of benzene rings is 2. The van der Waals surface area contributed by atoms with Crippen molar-refractivity contribution in [1.82, 2.24) is 4.90 Å². The lowest BCUT2D eigenvalue weighted by atomic mass is 10.1. The van der Waals surface area contributed by atoms with E-state index in [2.05, 4.69) is 4.90 Å². The van der Waals surface area contributed by atoms with Gasteiger partial charge in [-0.3, -0.25) is 9.69 Å². The highest BCUT2D eigenvalue weighted by Crippen LogP contribution is 2.34. The number of piperidine rings is 1. The van der Waals surface area contributed by atoms with Gasteiger partial charge in [0.1, 0.15) is 12.4 Å². The fourth-order valence-electron chi connectivity index (χ4n) is 4.03. The Morgan fingerprint density at radius 2 is 1.87 bits per heavy atom. The van der Waals surface area contributed by atoms with E-state index in [-0.39, 0.29) is 11.7 Å². The van der Waals surface area contributed by atoms with Crippen molar-refractivity contribution in [2.75, 3.05) is 44.8 Å². The maximum absolute atomic E-state index is 13.6. The SMILES string of the molecule is COc1ccc(C2=CCN(c3cccc(F)c3)C2=O)cc1OCCN1CCCCC1. The van der Waals surface area contributed by atoms with Gasteiger partial charge in [-0.05, 0) is 61.8 Å². The fourth-order valence-corrected chi connectivity index (χ4v) is 4.03. The molecule has 0 aromatic heterocycles. The van der Waals surface area contributed by atoms with Crippen LogP contribution in [0.15, 0.2) is 48.5 Å². The Kier molecular flexibility index (Phi) is 6.33. The van der Waals surface area contributed by atoms with Crippen LogP contribution in [0.5, 0.6) is 11.5 Å². The topological polar surface area (TPSA) is 42.0 Å². The number of amides is 1. The molecular weight excluding hydrogens is 383 g/mol. The first kappa shape index (κ1) is 20.4. The van der Waals surface area contributed by atoms with Gasteiger partial charge in [-0.1, -0.05) is 24.6 Å². The van der Waals surface area contributed by atoms with E-state index in [0.717, 1.165) is 25.2 Å². The highest BCUT2D eigenvalue weighted by atomic mass is 19.1. The smallest absolute Gasteiger partial charge is 0.258 e. The lowest BCUT2D eigenvalue weighted by molar-refractivity contribution is -0.112. The summed E-state index contributed by atoms with van der Waals surface area (Å²) in [6.45, 7) is 4.11. The van der Waals surface area contributed by atoms with E-state index in [1.165, 1.54) is 31.4 Å². The normalized spacial score (nSPS) is 17.2. The first-order chi connectivity index (χ1) is 14.7. The number of anilines is 1. The summed E-state index contributed by atoms with van der Waals surface area (Å²) in [4.78, 5) is 16.9. The maximum Gasteiger partial charge on any atom is 0.258 e. The Bertz CT molecular complexity index is 938. The number of hydrogen-bond acceptors (Lipinski definition) is 4. The predicted octanol–water partition coefficient (Wildman–Crippen LogP) is 4.13. The number of nitrogens with zero attached hydrogens (tertiary/aromatic N) is 2. The van der Waals surface area contributed by atoms with Crippen molar-refractivity contribution in [2.45, 2.75) is 19.3 Å². The van der Waals surface area contributed by atoms with Gasteiger partial charge in [-0.2, -0.15) is 0 Å². The van der Waals surface area contributed by atoms with Crippen LogP contribution in [0.25, 0.3) is 5.57 Å². The van der Waals surface area contributed by atoms with Gasteiger partial charge in [0, 0.05) is 24.4 Å². The molecule has 0 bridgehead atoms. The Morgan fingerprint density at radius 3 is 2.63 bits per heavy atom. The van der Waals surface area contributed by atoms with Crippen LogP contribution in [0.1, 0.15) is 24.8 Å². The van der Waals surface area contributed by atoms with E-state index < -0.39 is 0 Å². The molecule has 158 valence electrons. The van der Waals surface area contributed by atoms with E-state index in [1.54, 1.807) is 24.1 Å². The molecule has 0 N–H and O–H groups in total. The number of halogens is 1. The van der Waals surface area contributed by atoms with Crippen LogP contribution >= 0.6 is 0 Å². The second-order valence-corrected chi connectivity index (χ2v) is 7.63. The highest BCUT2D eigenvalue weighted by Gasteiger charge is 2.27. The highest BCUT2D eigenvalue weighted by molar-refractivity contribution is 6.28. The molecule has 0 aliphatic carbocycles. The summed E-state index contributed by atoms with van der Waals surface area (Å²) in [6.07, 6.45) is 5.67. The third-order valence-corrected chi connectivity index (χ3v) is 5.66. The summed E-state index contributed by atoms with van der Waals surface area (Å²) >= 11 is 0. The molecule has 0 spiro atoms. The first-order valence-corrected chi connectivity index (χ1v) is 10.5. The fraction of sp³-hybridized carbons (Fsp3) is 0.375. The zero-order valence-electron chi connectivity index (χ0n) is 17.3. The van der Waals surface area contributed by atoms with Crippen molar-refractivity contribution in [1.29, 1.82) is 0 Å². The van der Waals surface area contributed by atoms with Gasteiger partial charge in [0.25, 0.3) is 5.91 Å². The van der Waals surface area contributed by atoms with Gasteiger partial charge >= 0.3 is 0 Å². The van der Waals surface area contributed by atoms with E-state index in [9.17, 15) is 9.18 Å². The zero-order valence-corrected chi connectivity index (χ0v) is 17.3. The number of rotatable bonds is 7. The molecule has 2 aromatic rings. The summed E-state index contributed by atoms with van der Waals surface area (Å²) in [5.41, 5.74) is 1.91. The van der Waals surface area contributed by atoms with Crippen molar-refractivity contribution in [3.63, 3.8) is 0 Å². The van der Waals surface area contributed by atoms with Gasteiger partial charge in [0.05, 0.1) is 7.11 Å². The Morgan fingerprint density at radius 1 is 1.03 bits per heavy atom. The molecule has 2 aliphatic heterocycles. The molecule has 0 radical (unpaired) electrons. The van der Waals surface area contributed by atoms with Crippen LogP contribution < -0.4 is 14.4 Å². The average Bonchev–Trinajstić information content (AvgIpc) is 3.16. The molecule has 6 heteroatoms. The summed E-state index contributed by atoms with van der Waals surface area (Å²) in [5.74, 6) is 0.767. The van der Waals surface area contributed by atoms with E-state index in [4.69, 9.17) is 9.47 Å². The Balaban J connectivity index is 1.46. The largest absolute Gasteiger partial charge is 0.493 e. The molecule has 0 atom stereocenters. The van der Waals surface area contributed by atoms with Crippen LogP contribution in [0.4, 0.5) is 10.1 Å². The van der Waals surface area contributed by atoms with Crippen LogP contribution in [0, 0.1) is 5.82 Å². The van der Waals surface area contributed by atoms with Gasteiger partial charge in [-0.15, -0.1) is 0 Å². The lowest BCUT2D eigenvalue weighted by Crippen LogP contribution is -2.33. The molecule has 2 aliphatic rings. The predicted molar refractivity (Wildman–Crippen MR) is 116 cm³/mol. The molecule has 30 heavy (non-hydrogen) atoms. The summed E-state index contributed by atoms with van der Waals surface area (Å²) < 4.78 is 25.0. The zero-order chi connectivity index (χ0) is 20.9. The molecule has 0 unspecified atom stereocenters. The molecule has 1 fully saturated rings. The molecule has 4 rings (SSSR count). The average molecular weight is 410 g/mol. The summed E-state index contributed by atoms with van der Waals surface area (Å²) in [6, 6.07) is 11.6. The molecule has 2 aromatic carbocycles. The third kappa shape index (κ3) is 4.49. The van der Waals surface area contributed by atoms with E-state index >= 15 is 0 Å². The van der Waals surface area contributed by atoms with Crippen molar-refractivity contribution in [3.8, 4) is 11.5 Å². The van der Waals surface area contributed by atoms with E-state index in [0.29, 0.717) is 35.9 Å². The van der Waals surface area contributed by atoms with Crippen LogP contribution in [-0.4, -0.2) is 50.7 Å². The van der Waals surface area contributed by atoms with Crippen LogP contribution in [-0.2, 0) is 4.79 Å². The van der Waals surface area contributed by atoms with Crippen molar-refractivity contribution >= 4 is 17.2 Å². The van der Waals surface area contributed by atoms with Gasteiger partial charge in [0.15, 0.2) is 11.5 Å². The number of ether oxygens (including phenoxy) is 2. The summed E-state index contributed by atoms with van der Waals surface area (Å²) in [5, 5.41) is 0. The molecule has 1 amide bonds. The number of carbonyl (C=O) groups is 1. The number of carbonyl (C=O) groups excluding carboxylic acids is 1. The number of hydrogen-bond donors (Lipinski definition) is 0. The van der Waals surface area contributed by atoms with Crippen LogP contribution in [0.3, 0.4) is 0 Å². The van der Waals surface area contributed by atoms with Gasteiger partial charge in [-0.25, -0.2) is 4.39 Å². The van der Waals surface area contributed by atoms with Crippen molar-refractivity contribution < 1.29 is 18.7 Å². The first-order valence-electron chi connectivity index (χ1n) is 10.5. The third-order valence-electron chi connectivity index (χ3n) is 5.66. The molecular formula is C24H27FN2O3. The maximum atomic E-state index is 13.6. The minimum atomic E-state index is -0.359. The second-order valence-electron chi connectivity index (χ2n) is 7.63. The Labute approximate surface area is 176 Å². The quantitative estimate of drug-likeness (QED) is 0.688. The standard InChI is InChI=1S/C24H27FN2O3/c1-29-22-9-8-18(16-23(22)30-15-14-26-11-3-2-4-12-26)21-10-13-27(24(21)28)20-7-5-6-19(25)17-20/h5-10,16-17H,2-4,11-15H2,1H3. The Hall–Kier alpha value is -2.86. The van der Waals surface area contributed by atoms with Crippen molar-refractivity contribution in [3.05, 3.63) is 59.9 Å². The molecule has 2 heterocycles. The molecule has 5 nitrogen and oxygen atoms in total. The molecule has 1 saturated heterocycles. The monoisotopic (exact) mass is 410 g/mol. The van der Waals surface area contributed by atoms with Gasteiger partial charge < -0.3 is 14.4 Å². The minimum Gasteiger partial charge on any atom is -0.493 e. The van der Waals surface area contributed by atoms with Crippen molar-refractivity contribution in [2.24, 2.45) is 0 Å². The summed E-state index contributed by atoms with van der Waals surface area (Å²) in [7, 11) is 1.61. The second kappa shape index (κ2) is 9.30. The van der Waals surface area contributed by atoms with Crippen LogP contribution in [0.2, 0.25) is 0 Å². The number of likely N-dealkylation sites (tertiary alicyclic amines) is 1. The van der Waals surface area contributed by atoms with E-state index in [1.807, 2.05) is 24.3 Å².